The number of hydrogen-bond acceptors (Lipinski definition) is 5. The highest BCUT2D eigenvalue weighted by Crippen LogP contribution is 2.03. The molecule has 16 heavy (non-hydrogen) atoms. The highest BCUT2D eigenvalue weighted by molar-refractivity contribution is 7.99. The zero-order valence-electron chi connectivity index (χ0n) is 9.82. The maximum absolute atomic E-state index is 11.5. The summed E-state index contributed by atoms with van der Waals surface area (Å²) in [6.07, 6.45) is 0. The standard InChI is InChI=1S/C9H21N5OS/c1-12-5-8(15)7(13-2)6-16-4-3-14-9(10)11/h7,12-13H,3-6H2,1-2H3,(H4,10,11,14). The van der Waals surface area contributed by atoms with E-state index in [-0.39, 0.29) is 17.8 Å². The van der Waals surface area contributed by atoms with E-state index in [0.717, 1.165) is 11.5 Å². The Balaban J connectivity index is 3.71. The van der Waals surface area contributed by atoms with Crippen LogP contribution in [0.1, 0.15) is 0 Å². The summed E-state index contributed by atoms with van der Waals surface area (Å²) in [6.45, 7) is 0.976. The summed E-state index contributed by atoms with van der Waals surface area (Å²) >= 11 is 1.65. The molecule has 6 N–H and O–H groups in total. The van der Waals surface area contributed by atoms with Gasteiger partial charge in [-0.05, 0) is 14.1 Å². The molecule has 0 fully saturated rings. The lowest BCUT2D eigenvalue weighted by Gasteiger charge is -2.13. The van der Waals surface area contributed by atoms with Crippen molar-refractivity contribution in [2.45, 2.75) is 6.04 Å². The van der Waals surface area contributed by atoms with Gasteiger partial charge >= 0.3 is 0 Å². The van der Waals surface area contributed by atoms with Gasteiger partial charge in [0.2, 0.25) is 0 Å². The van der Waals surface area contributed by atoms with E-state index < -0.39 is 0 Å². The number of nitrogens with two attached hydrogens (primary N) is 2. The molecule has 0 amide bonds. The summed E-state index contributed by atoms with van der Waals surface area (Å²) in [5.74, 6) is 1.82. The second-order valence-corrected chi connectivity index (χ2v) is 4.37. The van der Waals surface area contributed by atoms with Gasteiger partial charge in [0.15, 0.2) is 11.7 Å². The van der Waals surface area contributed by atoms with Gasteiger partial charge in [-0.1, -0.05) is 0 Å². The van der Waals surface area contributed by atoms with Gasteiger partial charge in [0.25, 0.3) is 0 Å². The number of likely N-dealkylation sites (N-methyl/N-ethyl adjacent to an activating group) is 2. The summed E-state index contributed by atoms with van der Waals surface area (Å²) in [6, 6.07) is -0.114. The zero-order chi connectivity index (χ0) is 12.4. The lowest BCUT2D eigenvalue weighted by Crippen LogP contribution is -2.41. The van der Waals surface area contributed by atoms with Crippen LogP contribution in [0.2, 0.25) is 0 Å². The minimum absolute atomic E-state index is 0.108. The average Bonchev–Trinajstić information content (AvgIpc) is 2.23. The molecule has 0 aromatic heterocycles. The van der Waals surface area contributed by atoms with E-state index >= 15 is 0 Å². The number of carbonyl (C=O) groups excluding carboxylic acids is 1. The third kappa shape index (κ3) is 7.49. The van der Waals surface area contributed by atoms with Crippen molar-refractivity contribution in [1.82, 2.24) is 10.6 Å². The first kappa shape index (κ1) is 15.2. The van der Waals surface area contributed by atoms with Crippen LogP contribution in [0.5, 0.6) is 0 Å². The van der Waals surface area contributed by atoms with E-state index in [4.69, 9.17) is 11.5 Å². The van der Waals surface area contributed by atoms with Gasteiger partial charge in [0.1, 0.15) is 0 Å². The summed E-state index contributed by atoms with van der Waals surface area (Å²) in [5.41, 5.74) is 10.4. The van der Waals surface area contributed by atoms with Crippen molar-refractivity contribution < 1.29 is 4.79 Å². The Kier molecular flexibility index (Phi) is 8.97. The molecule has 0 rings (SSSR count). The first-order valence-corrected chi connectivity index (χ1v) is 6.25. The van der Waals surface area contributed by atoms with Gasteiger partial charge in [-0.15, -0.1) is 0 Å². The fraction of sp³-hybridized carbons (Fsp3) is 0.778. The van der Waals surface area contributed by atoms with Gasteiger partial charge in [-0.25, -0.2) is 0 Å². The second kappa shape index (κ2) is 9.44. The van der Waals surface area contributed by atoms with Crippen LogP contribution in [0.4, 0.5) is 0 Å². The molecule has 0 aliphatic rings. The molecular formula is C9H21N5OS. The van der Waals surface area contributed by atoms with Crippen molar-refractivity contribution in [3.63, 3.8) is 0 Å². The number of thioether (sulfide) groups is 1. The molecule has 7 heteroatoms. The van der Waals surface area contributed by atoms with Gasteiger partial charge in [0, 0.05) is 11.5 Å². The van der Waals surface area contributed by atoms with Crippen LogP contribution in [0.25, 0.3) is 0 Å². The maximum Gasteiger partial charge on any atom is 0.185 e. The minimum Gasteiger partial charge on any atom is -0.370 e. The Hall–Kier alpha value is -0.790. The first-order chi connectivity index (χ1) is 7.61. The lowest BCUT2D eigenvalue weighted by atomic mass is 10.2. The van der Waals surface area contributed by atoms with Crippen molar-refractivity contribution in [3.05, 3.63) is 0 Å². The van der Waals surface area contributed by atoms with Gasteiger partial charge in [0.05, 0.1) is 19.1 Å². The highest BCUT2D eigenvalue weighted by atomic mass is 32.2. The first-order valence-electron chi connectivity index (χ1n) is 5.09. The van der Waals surface area contributed by atoms with Crippen molar-refractivity contribution in [2.75, 3.05) is 38.7 Å². The van der Waals surface area contributed by atoms with Crippen LogP contribution in [-0.4, -0.2) is 56.5 Å². The van der Waals surface area contributed by atoms with Crippen molar-refractivity contribution in [2.24, 2.45) is 16.5 Å². The molecule has 0 aliphatic heterocycles. The molecule has 0 aliphatic carbocycles. The fourth-order valence-electron chi connectivity index (χ4n) is 1.08. The van der Waals surface area contributed by atoms with Crippen LogP contribution >= 0.6 is 11.8 Å². The molecule has 0 heterocycles. The molecule has 1 atom stereocenters. The van der Waals surface area contributed by atoms with E-state index in [9.17, 15) is 4.79 Å². The van der Waals surface area contributed by atoms with Crippen molar-refractivity contribution >= 4 is 23.5 Å². The Morgan fingerprint density at radius 1 is 1.44 bits per heavy atom. The van der Waals surface area contributed by atoms with Crippen LogP contribution in [0.3, 0.4) is 0 Å². The van der Waals surface area contributed by atoms with Gasteiger partial charge < -0.3 is 22.1 Å². The Morgan fingerprint density at radius 3 is 2.62 bits per heavy atom. The Labute approximate surface area is 101 Å². The quantitative estimate of drug-likeness (QED) is 0.221. The molecule has 0 bridgehead atoms. The van der Waals surface area contributed by atoms with E-state index in [1.54, 1.807) is 25.9 Å². The smallest absolute Gasteiger partial charge is 0.185 e. The fourth-order valence-corrected chi connectivity index (χ4v) is 2.05. The molecule has 94 valence electrons. The summed E-state index contributed by atoms with van der Waals surface area (Å²) in [5, 5.41) is 5.84. The molecular weight excluding hydrogens is 226 g/mol. The number of carbonyl (C=O) groups is 1. The second-order valence-electron chi connectivity index (χ2n) is 3.22. The monoisotopic (exact) mass is 247 g/mol. The normalized spacial score (nSPS) is 12.1. The number of guanidine groups is 1. The minimum atomic E-state index is -0.114. The molecule has 6 nitrogen and oxygen atoms in total. The number of nitrogens with zero attached hydrogens (tertiary/aromatic N) is 1. The molecule has 0 aromatic carbocycles. The largest absolute Gasteiger partial charge is 0.370 e. The number of aliphatic imine (C=N–C) groups is 1. The zero-order valence-corrected chi connectivity index (χ0v) is 10.6. The number of hydrogen-bond donors (Lipinski definition) is 4. The molecule has 0 saturated heterocycles. The average molecular weight is 247 g/mol. The van der Waals surface area contributed by atoms with Crippen molar-refractivity contribution in [3.8, 4) is 0 Å². The lowest BCUT2D eigenvalue weighted by molar-refractivity contribution is -0.119. The topological polar surface area (TPSA) is 106 Å². The van der Waals surface area contributed by atoms with Gasteiger partial charge in [-0.2, -0.15) is 11.8 Å². The van der Waals surface area contributed by atoms with Crippen LogP contribution in [0, 0.1) is 0 Å². The number of Topliss-reactive ketones (excluding diaryl/α,β-unsaturated/α-hetero) is 1. The number of ketones is 1. The number of nitrogens with one attached hydrogen (secondary N) is 2. The van der Waals surface area contributed by atoms with Crippen LogP contribution in [0.15, 0.2) is 4.99 Å². The molecule has 0 spiro atoms. The third-order valence-electron chi connectivity index (χ3n) is 1.90. The Morgan fingerprint density at radius 2 is 2.12 bits per heavy atom. The van der Waals surface area contributed by atoms with E-state index in [2.05, 4.69) is 15.6 Å². The third-order valence-corrected chi connectivity index (χ3v) is 2.94. The summed E-state index contributed by atoms with van der Waals surface area (Å²) in [7, 11) is 3.55. The molecule has 1 unspecified atom stereocenters. The highest BCUT2D eigenvalue weighted by Gasteiger charge is 2.14. The van der Waals surface area contributed by atoms with Gasteiger partial charge in [-0.3, -0.25) is 9.79 Å². The van der Waals surface area contributed by atoms with Crippen molar-refractivity contribution in [1.29, 1.82) is 0 Å². The Bertz CT molecular complexity index is 230. The molecule has 0 radical (unpaired) electrons. The molecule has 0 aromatic rings. The predicted octanol–water partition coefficient (Wildman–Crippen LogP) is -1.63. The van der Waals surface area contributed by atoms with Crippen LogP contribution in [-0.2, 0) is 4.79 Å². The summed E-state index contributed by atoms with van der Waals surface area (Å²) < 4.78 is 0. The van der Waals surface area contributed by atoms with E-state index in [1.165, 1.54) is 0 Å². The van der Waals surface area contributed by atoms with E-state index in [0.29, 0.717) is 13.1 Å². The maximum atomic E-state index is 11.5. The van der Waals surface area contributed by atoms with Crippen LogP contribution < -0.4 is 22.1 Å². The van der Waals surface area contributed by atoms with E-state index in [1.807, 2.05) is 0 Å². The molecule has 0 saturated carbocycles. The number of rotatable bonds is 9. The predicted molar refractivity (Wildman–Crippen MR) is 69.8 cm³/mol. The SMILES string of the molecule is CNCC(=O)C(CSCCN=C(N)N)NC. The summed E-state index contributed by atoms with van der Waals surface area (Å²) in [4.78, 5) is 15.4.